The molecule has 8 nitrogen and oxygen atoms in total. The Morgan fingerprint density at radius 3 is 2.64 bits per heavy atom. The Bertz CT molecular complexity index is 973. The van der Waals surface area contributed by atoms with E-state index in [1.165, 1.54) is 9.13 Å². The molecule has 3 rings (SSSR count). The monoisotopic (exact) mass is 305 g/mol. The van der Waals surface area contributed by atoms with Gasteiger partial charge in [0.25, 0.3) is 5.56 Å². The zero-order chi connectivity index (χ0) is 16.0. The standard InChI is InChI=1S/C14H19N5O3/c1-5-17-12(20)10-11(16(3)14(17)21)15-13-18(6-7-22-4)9(2)8-19(10)13/h8H,5-7H2,1-4H3. The Hall–Kier alpha value is -2.35. The summed E-state index contributed by atoms with van der Waals surface area (Å²) in [6, 6.07) is 0. The Balaban J connectivity index is 2.44. The molecule has 22 heavy (non-hydrogen) atoms. The minimum Gasteiger partial charge on any atom is -0.383 e. The van der Waals surface area contributed by atoms with E-state index in [2.05, 4.69) is 4.98 Å². The molecule has 0 saturated carbocycles. The van der Waals surface area contributed by atoms with Gasteiger partial charge in [-0.2, -0.15) is 4.98 Å². The van der Waals surface area contributed by atoms with Gasteiger partial charge in [0.1, 0.15) is 0 Å². The van der Waals surface area contributed by atoms with Gasteiger partial charge >= 0.3 is 5.69 Å². The molecule has 118 valence electrons. The van der Waals surface area contributed by atoms with Gasteiger partial charge in [-0.1, -0.05) is 0 Å². The van der Waals surface area contributed by atoms with Crippen molar-refractivity contribution in [2.75, 3.05) is 13.7 Å². The second-order valence-electron chi connectivity index (χ2n) is 5.26. The van der Waals surface area contributed by atoms with Gasteiger partial charge in [0.2, 0.25) is 5.78 Å². The predicted octanol–water partition coefficient (Wildman–Crippen LogP) is 0.124. The van der Waals surface area contributed by atoms with Crippen molar-refractivity contribution in [2.24, 2.45) is 7.05 Å². The molecule has 0 aliphatic heterocycles. The van der Waals surface area contributed by atoms with Gasteiger partial charge in [-0.15, -0.1) is 0 Å². The highest BCUT2D eigenvalue weighted by molar-refractivity contribution is 5.75. The van der Waals surface area contributed by atoms with Crippen LogP contribution in [0.4, 0.5) is 0 Å². The molecule has 0 unspecified atom stereocenters. The third-order valence-electron chi connectivity index (χ3n) is 3.98. The molecular weight excluding hydrogens is 286 g/mol. The molecule has 3 aromatic heterocycles. The van der Waals surface area contributed by atoms with Crippen LogP contribution in [0.2, 0.25) is 0 Å². The first-order chi connectivity index (χ1) is 10.5. The summed E-state index contributed by atoms with van der Waals surface area (Å²) in [6.45, 7) is 5.25. The largest absolute Gasteiger partial charge is 0.383 e. The average Bonchev–Trinajstić information content (AvgIpc) is 2.99. The van der Waals surface area contributed by atoms with Gasteiger partial charge in [0.05, 0.1) is 6.61 Å². The van der Waals surface area contributed by atoms with E-state index >= 15 is 0 Å². The summed E-state index contributed by atoms with van der Waals surface area (Å²) < 4.78 is 11.5. The van der Waals surface area contributed by atoms with Crippen molar-refractivity contribution in [3.05, 3.63) is 32.7 Å². The van der Waals surface area contributed by atoms with Crippen LogP contribution in [-0.2, 0) is 24.9 Å². The number of hydrogen-bond acceptors (Lipinski definition) is 4. The van der Waals surface area contributed by atoms with Crippen LogP contribution in [0.3, 0.4) is 0 Å². The molecule has 0 saturated heterocycles. The second kappa shape index (κ2) is 5.13. The lowest BCUT2D eigenvalue weighted by molar-refractivity contribution is 0.187. The zero-order valence-electron chi connectivity index (χ0n) is 13.2. The van der Waals surface area contributed by atoms with Crippen molar-refractivity contribution in [2.45, 2.75) is 26.9 Å². The van der Waals surface area contributed by atoms with Crippen LogP contribution in [0.25, 0.3) is 16.9 Å². The van der Waals surface area contributed by atoms with E-state index in [9.17, 15) is 9.59 Å². The van der Waals surface area contributed by atoms with Crippen LogP contribution in [0.15, 0.2) is 15.8 Å². The molecule has 0 amide bonds. The Morgan fingerprint density at radius 1 is 1.27 bits per heavy atom. The summed E-state index contributed by atoms with van der Waals surface area (Å²) in [4.78, 5) is 29.3. The molecule has 0 bridgehead atoms. The number of hydrogen-bond donors (Lipinski definition) is 0. The Morgan fingerprint density at radius 2 is 2.00 bits per heavy atom. The first-order valence-corrected chi connectivity index (χ1v) is 7.17. The van der Waals surface area contributed by atoms with E-state index < -0.39 is 0 Å². The summed E-state index contributed by atoms with van der Waals surface area (Å²) in [5.41, 5.74) is 1.16. The molecule has 0 aromatic carbocycles. The topological polar surface area (TPSA) is 75.5 Å². The maximum Gasteiger partial charge on any atom is 0.332 e. The highest BCUT2D eigenvalue weighted by atomic mass is 16.5. The van der Waals surface area contributed by atoms with E-state index in [4.69, 9.17) is 4.74 Å². The van der Waals surface area contributed by atoms with E-state index in [1.807, 2.05) is 17.7 Å². The van der Waals surface area contributed by atoms with Crippen LogP contribution in [0.1, 0.15) is 12.6 Å². The summed E-state index contributed by atoms with van der Waals surface area (Å²) in [6.07, 6.45) is 1.87. The van der Waals surface area contributed by atoms with Gasteiger partial charge < -0.3 is 9.30 Å². The minimum atomic E-state index is -0.346. The predicted molar refractivity (Wildman–Crippen MR) is 82.5 cm³/mol. The molecular formula is C14H19N5O3. The average molecular weight is 305 g/mol. The summed E-state index contributed by atoms with van der Waals surface area (Å²) in [7, 11) is 3.27. The quantitative estimate of drug-likeness (QED) is 0.686. The molecule has 0 fully saturated rings. The van der Waals surface area contributed by atoms with Crippen molar-refractivity contribution in [3.8, 4) is 0 Å². The maximum atomic E-state index is 12.6. The van der Waals surface area contributed by atoms with Gasteiger partial charge in [-0.05, 0) is 13.8 Å². The number of aryl methyl sites for hydroxylation is 2. The third kappa shape index (κ3) is 1.83. The highest BCUT2D eigenvalue weighted by Crippen LogP contribution is 2.15. The normalized spacial score (nSPS) is 11.8. The smallest absolute Gasteiger partial charge is 0.332 e. The van der Waals surface area contributed by atoms with Crippen LogP contribution in [0, 0.1) is 6.92 Å². The summed E-state index contributed by atoms with van der Waals surface area (Å²) >= 11 is 0. The lowest BCUT2D eigenvalue weighted by Crippen LogP contribution is -2.38. The molecule has 0 aliphatic rings. The number of methoxy groups -OCH3 is 1. The zero-order valence-corrected chi connectivity index (χ0v) is 13.2. The van der Waals surface area contributed by atoms with Crippen LogP contribution in [-0.4, -0.2) is 36.8 Å². The second-order valence-corrected chi connectivity index (χ2v) is 5.26. The third-order valence-corrected chi connectivity index (χ3v) is 3.98. The molecule has 3 aromatic rings. The lowest BCUT2D eigenvalue weighted by atomic mass is 10.4. The Labute approximate surface area is 126 Å². The van der Waals surface area contributed by atoms with Gasteiger partial charge in [-0.3, -0.25) is 18.3 Å². The molecule has 0 atom stereocenters. The van der Waals surface area contributed by atoms with Crippen LogP contribution < -0.4 is 11.2 Å². The SMILES string of the molecule is CCn1c(=O)c2c(nc3n(CCOC)c(C)cn23)n(C)c1=O. The number of nitrogens with zero attached hydrogens (tertiary/aromatic N) is 5. The van der Waals surface area contributed by atoms with E-state index in [0.717, 1.165) is 5.69 Å². The maximum absolute atomic E-state index is 12.6. The van der Waals surface area contributed by atoms with Crippen LogP contribution >= 0.6 is 0 Å². The fourth-order valence-electron chi connectivity index (χ4n) is 2.79. The van der Waals surface area contributed by atoms with Gasteiger partial charge in [-0.25, -0.2) is 4.79 Å². The molecule has 0 aliphatic carbocycles. The van der Waals surface area contributed by atoms with Gasteiger partial charge in [0.15, 0.2) is 11.2 Å². The van der Waals surface area contributed by atoms with Crippen molar-refractivity contribution in [1.29, 1.82) is 0 Å². The molecule has 0 spiro atoms. The first kappa shape index (κ1) is 14.6. The summed E-state index contributed by atoms with van der Waals surface area (Å²) in [5, 5.41) is 0. The molecule has 8 heteroatoms. The van der Waals surface area contributed by atoms with Crippen molar-refractivity contribution < 1.29 is 4.74 Å². The number of aromatic nitrogens is 5. The number of fused-ring (bicyclic) bond motifs is 3. The van der Waals surface area contributed by atoms with E-state index in [-0.39, 0.29) is 11.2 Å². The first-order valence-electron chi connectivity index (χ1n) is 7.17. The molecule has 3 heterocycles. The van der Waals surface area contributed by atoms with Gasteiger partial charge in [0, 0.05) is 39.1 Å². The highest BCUT2D eigenvalue weighted by Gasteiger charge is 2.19. The molecule has 0 N–H and O–H groups in total. The fourth-order valence-corrected chi connectivity index (χ4v) is 2.79. The van der Waals surface area contributed by atoms with Crippen molar-refractivity contribution in [3.63, 3.8) is 0 Å². The van der Waals surface area contributed by atoms with Crippen molar-refractivity contribution >= 4 is 16.9 Å². The summed E-state index contributed by atoms with van der Waals surface area (Å²) in [5.74, 6) is 0.644. The van der Waals surface area contributed by atoms with E-state index in [0.29, 0.717) is 36.6 Å². The Kier molecular flexibility index (Phi) is 3.40. The van der Waals surface area contributed by atoms with E-state index in [1.54, 1.807) is 25.5 Å². The number of imidazole rings is 2. The van der Waals surface area contributed by atoms with Crippen LogP contribution in [0.5, 0.6) is 0 Å². The lowest BCUT2D eigenvalue weighted by Gasteiger charge is -2.05. The minimum absolute atomic E-state index is 0.308. The number of rotatable bonds is 4. The van der Waals surface area contributed by atoms with Crippen molar-refractivity contribution in [1.82, 2.24) is 23.1 Å². The number of ether oxygens (including phenoxy) is 1. The molecule has 0 radical (unpaired) electrons. The fraction of sp³-hybridized carbons (Fsp3) is 0.500.